The fraction of sp³-hybridized carbons (Fsp3) is 0.786. The van der Waals surface area contributed by atoms with Crippen LogP contribution in [-0.2, 0) is 9.53 Å². The smallest absolute Gasteiger partial charge is 0.312 e. The molecule has 0 heterocycles. The number of rotatable bonds is 3. The summed E-state index contributed by atoms with van der Waals surface area (Å²) in [5.74, 6) is 0.00112. The summed E-state index contributed by atoms with van der Waals surface area (Å²) < 4.78 is 5.12. The van der Waals surface area contributed by atoms with E-state index in [0.29, 0.717) is 6.61 Å². The van der Waals surface area contributed by atoms with Crippen molar-refractivity contribution in [2.24, 2.45) is 11.3 Å². The highest BCUT2D eigenvalue weighted by Crippen LogP contribution is 2.34. The minimum atomic E-state index is -0.510. The molecule has 1 N–H and O–H groups in total. The Balaban J connectivity index is 2.77. The van der Waals surface area contributed by atoms with E-state index >= 15 is 0 Å². The quantitative estimate of drug-likeness (QED) is 0.609. The first-order valence-electron chi connectivity index (χ1n) is 6.52. The average Bonchev–Trinajstić information content (AvgIpc) is 2.24. The van der Waals surface area contributed by atoms with Crippen LogP contribution in [0.15, 0.2) is 12.2 Å². The van der Waals surface area contributed by atoms with Gasteiger partial charge in [0, 0.05) is 0 Å². The van der Waals surface area contributed by atoms with Crippen LogP contribution in [0.2, 0.25) is 0 Å². The topological polar surface area (TPSA) is 46.5 Å². The molecule has 0 saturated carbocycles. The highest BCUT2D eigenvalue weighted by molar-refractivity contribution is 5.76. The molecule has 17 heavy (non-hydrogen) atoms. The van der Waals surface area contributed by atoms with E-state index in [1.165, 1.54) is 0 Å². The lowest BCUT2D eigenvalue weighted by Crippen LogP contribution is -2.34. The Morgan fingerprint density at radius 2 is 2.00 bits per heavy atom. The third-order valence-electron chi connectivity index (χ3n) is 3.56. The number of carbonyl (C=O) groups excluding carboxylic acids is 1. The lowest BCUT2D eigenvalue weighted by molar-refractivity contribution is -0.155. The summed E-state index contributed by atoms with van der Waals surface area (Å²) >= 11 is 0. The van der Waals surface area contributed by atoms with Crippen molar-refractivity contribution < 1.29 is 14.6 Å². The van der Waals surface area contributed by atoms with Gasteiger partial charge in [-0.3, -0.25) is 4.79 Å². The van der Waals surface area contributed by atoms with Gasteiger partial charge in [0.1, 0.15) is 0 Å². The van der Waals surface area contributed by atoms with Crippen molar-refractivity contribution in [2.45, 2.75) is 52.6 Å². The third kappa shape index (κ3) is 3.84. The third-order valence-corrected chi connectivity index (χ3v) is 3.56. The van der Waals surface area contributed by atoms with Gasteiger partial charge >= 0.3 is 5.97 Å². The normalized spacial score (nSPS) is 28.0. The minimum Gasteiger partial charge on any atom is -0.466 e. The Hall–Kier alpha value is -0.830. The first kappa shape index (κ1) is 14.2. The summed E-state index contributed by atoms with van der Waals surface area (Å²) in [6, 6.07) is 0. The number of hydrogen-bond donors (Lipinski definition) is 1. The molecule has 0 aliphatic heterocycles. The molecule has 2 atom stereocenters. The monoisotopic (exact) mass is 240 g/mol. The van der Waals surface area contributed by atoms with Crippen LogP contribution in [0.1, 0.15) is 46.5 Å². The van der Waals surface area contributed by atoms with Gasteiger partial charge in [-0.15, -0.1) is 0 Å². The summed E-state index contributed by atoms with van der Waals surface area (Å²) in [5.41, 5.74) is -0.510. The zero-order valence-electron chi connectivity index (χ0n) is 11.1. The first-order chi connectivity index (χ1) is 7.98. The van der Waals surface area contributed by atoms with Crippen LogP contribution >= 0.6 is 0 Å². The molecule has 0 bridgehead atoms. The van der Waals surface area contributed by atoms with E-state index in [-0.39, 0.29) is 18.0 Å². The highest BCUT2D eigenvalue weighted by Gasteiger charge is 2.36. The fourth-order valence-corrected chi connectivity index (χ4v) is 2.24. The van der Waals surface area contributed by atoms with Gasteiger partial charge in [-0.25, -0.2) is 0 Å². The van der Waals surface area contributed by atoms with Crippen LogP contribution in [0.5, 0.6) is 0 Å². The summed E-state index contributed by atoms with van der Waals surface area (Å²) in [6.07, 6.45) is 7.32. The number of carbonyl (C=O) groups is 1. The van der Waals surface area contributed by atoms with Crippen molar-refractivity contribution in [3.8, 4) is 0 Å². The van der Waals surface area contributed by atoms with Crippen molar-refractivity contribution >= 4 is 5.97 Å². The predicted molar refractivity (Wildman–Crippen MR) is 67.5 cm³/mol. The van der Waals surface area contributed by atoms with Gasteiger partial charge in [0.15, 0.2) is 0 Å². The van der Waals surface area contributed by atoms with Crippen LogP contribution in [0, 0.1) is 11.3 Å². The van der Waals surface area contributed by atoms with Gasteiger partial charge in [-0.2, -0.15) is 0 Å². The largest absolute Gasteiger partial charge is 0.466 e. The maximum Gasteiger partial charge on any atom is 0.312 e. The maximum absolute atomic E-state index is 11.9. The number of aliphatic hydroxyl groups is 1. The molecule has 0 spiro atoms. The van der Waals surface area contributed by atoms with E-state index in [4.69, 9.17) is 4.74 Å². The van der Waals surface area contributed by atoms with Crippen LogP contribution in [0.25, 0.3) is 0 Å². The average molecular weight is 240 g/mol. The molecule has 0 aromatic rings. The Morgan fingerprint density at radius 1 is 1.35 bits per heavy atom. The molecule has 98 valence electrons. The van der Waals surface area contributed by atoms with Crippen molar-refractivity contribution in [2.75, 3.05) is 6.61 Å². The van der Waals surface area contributed by atoms with Gasteiger partial charge in [-0.1, -0.05) is 25.0 Å². The van der Waals surface area contributed by atoms with E-state index in [2.05, 4.69) is 0 Å². The molecule has 3 heteroatoms. The first-order valence-corrected chi connectivity index (χ1v) is 6.52. The molecular formula is C14H24O3. The Kier molecular flexibility index (Phi) is 5.19. The second-order valence-corrected chi connectivity index (χ2v) is 5.29. The predicted octanol–water partition coefficient (Wildman–Crippen LogP) is 2.68. The Labute approximate surface area is 104 Å². The van der Waals surface area contributed by atoms with Crippen molar-refractivity contribution in [1.29, 1.82) is 0 Å². The second-order valence-electron chi connectivity index (χ2n) is 5.29. The Morgan fingerprint density at radius 3 is 2.65 bits per heavy atom. The molecule has 0 fully saturated rings. The summed E-state index contributed by atoms with van der Waals surface area (Å²) in [7, 11) is 0. The van der Waals surface area contributed by atoms with Gasteiger partial charge in [0.2, 0.25) is 0 Å². The molecule has 0 radical (unpaired) electrons. The molecule has 0 unspecified atom stereocenters. The lowest BCUT2D eigenvalue weighted by Gasteiger charge is -2.31. The molecule has 0 saturated heterocycles. The molecule has 1 rings (SSSR count). The van der Waals surface area contributed by atoms with E-state index < -0.39 is 5.41 Å². The van der Waals surface area contributed by atoms with Gasteiger partial charge in [-0.05, 0) is 39.5 Å². The molecule has 3 nitrogen and oxygen atoms in total. The zero-order valence-corrected chi connectivity index (χ0v) is 11.1. The molecule has 0 aromatic heterocycles. The van der Waals surface area contributed by atoms with Crippen LogP contribution in [-0.4, -0.2) is 23.8 Å². The number of aliphatic hydroxyl groups excluding tert-OH is 1. The van der Waals surface area contributed by atoms with Crippen LogP contribution < -0.4 is 0 Å². The number of esters is 1. The number of ether oxygens (including phenoxy) is 1. The molecular weight excluding hydrogens is 216 g/mol. The minimum absolute atomic E-state index is 0.148. The van der Waals surface area contributed by atoms with Crippen molar-refractivity contribution in [1.82, 2.24) is 0 Å². The van der Waals surface area contributed by atoms with Gasteiger partial charge in [0.25, 0.3) is 0 Å². The Bertz CT molecular complexity index is 281. The van der Waals surface area contributed by atoms with E-state index in [9.17, 15) is 9.90 Å². The van der Waals surface area contributed by atoms with Crippen LogP contribution in [0.4, 0.5) is 0 Å². The van der Waals surface area contributed by atoms with E-state index in [1.807, 2.05) is 32.9 Å². The second kappa shape index (κ2) is 6.20. The van der Waals surface area contributed by atoms with Crippen molar-refractivity contribution in [3.63, 3.8) is 0 Å². The van der Waals surface area contributed by atoms with E-state index in [1.54, 1.807) is 0 Å². The lowest BCUT2D eigenvalue weighted by atomic mass is 9.75. The zero-order chi connectivity index (χ0) is 12.9. The molecule has 0 aromatic carbocycles. The van der Waals surface area contributed by atoms with Crippen LogP contribution in [0.3, 0.4) is 0 Å². The SMILES string of the molecule is CCOC(=O)C(C)(C)[C@H]1/C=C\[C@@H](O)CCCC1. The summed E-state index contributed by atoms with van der Waals surface area (Å²) in [4.78, 5) is 11.9. The summed E-state index contributed by atoms with van der Waals surface area (Å²) in [5, 5.41) is 9.64. The standard InChI is InChI=1S/C14H24O3/c1-4-17-13(16)14(2,3)11-7-5-6-8-12(15)10-9-11/h9-12,15H,4-8H2,1-3H3/b10-9-/t11-,12+/m1/s1. The maximum atomic E-state index is 11.9. The molecule has 1 aliphatic rings. The van der Waals surface area contributed by atoms with Gasteiger partial charge in [0.05, 0.1) is 18.1 Å². The van der Waals surface area contributed by atoms with Gasteiger partial charge < -0.3 is 9.84 Å². The fourth-order valence-electron chi connectivity index (χ4n) is 2.24. The van der Waals surface area contributed by atoms with Crippen molar-refractivity contribution in [3.05, 3.63) is 12.2 Å². The highest BCUT2D eigenvalue weighted by atomic mass is 16.5. The summed E-state index contributed by atoms with van der Waals surface area (Å²) in [6.45, 7) is 6.09. The number of allylic oxidation sites excluding steroid dienone is 1. The molecule has 0 amide bonds. The van der Waals surface area contributed by atoms with E-state index in [0.717, 1.165) is 25.7 Å². The number of hydrogen-bond acceptors (Lipinski definition) is 3. The molecule has 1 aliphatic carbocycles.